The van der Waals surface area contributed by atoms with Crippen molar-refractivity contribution >= 4 is 22.4 Å². The molecule has 0 saturated carbocycles. The Bertz CT molecular complexity index is 1190. The second-order valence-electron chi connectivity index (χ2n) is 8.94. The number of fused-ring (bicyclic) bond motifs is 1. The molecule has 1 aliphatic heterocycles. The molecular weight excluding hydrogens is 428 g/mol. The monoisotopic (exact) mass is 462 g/mol. The fourth-order valence-electron chi connectivity index (χ4n) is 4.52. The van der Waals surface area contributed by atoms with Crippen LogP contribution in [0.5, 0.6) is 5.75 Å². The van der Waals surface area contributed by atoms with Crippen LogP contribution in [0.2, 0.25) is 0 Å². The third kappa shape index (κ3) is 5.51. The van der Waals surface area contributed by atoms with E-state index < -0.39 is 0 Å². The second kappa shape index (κ2) is 10.9. The van der Waals surface area contributed by atoms with Gasteiger partial charge in [-0.1, -0.05) is 23.8 Å². The predicted molar refractivity (Wildman–Crippen MR) is 136 cm³/mol. The molecule has 0 radical (unpaired) electrons. The van der Waals surface area contributed by atoms with E-state index >= 15 is 0 Å². The molecule has 1 saturated heterocycles. The zero-order chi connectivity index (χ0) is 24.1. The number of nitrogens with zero attached hydrogens (tertiary/aromatic N) is 1. The molecule has 0 atom stereocenters. The van der Waals surface area contributed by atoms with Gasteiger partial charge in [0.2, 0.25) is 5.91 Å². The SMILES string of the molecule is COc1cc2occ(-c3ccc(C)cc3C)c2cc1/C(C)=C/C(=O)NCCCN1CCOCC1. The summed E-state index contributed by atoms with van der Waals surface area (Å²) in [5, 5.41) is 4.01. The van der Waals surface area contributed by atoms with Gasteiger partial charge >= 0.3 is 0 Å². The Morgan fingerprint density at radius 1 is 1.15 bits per heavy atom. The molecule has 1 aromatic heterocycles. The molecule has 0 spiro atoms. The first kappa shape index (κ1) is 24.0. The number of rotatable bonds is 8. The van der Waals surface area contributed by atoms with Crippen molar-refractivity contribution in [2.75, 3.05) is 46.5 Å². The highest BCUT2D eigenvalue weighted by atomic mass is 16.5. The van der Waals surface area contributed by atoms with Crippen LogP contribution in [0.4, 0.5) is 0 Å². The maximum absolute atomic E-state index is 12.6. The standard InChI is InChI=1S/C28H34N2O4/c1-19-6-7-22(20(2)14-19)25-18-34-27-17-26(32-4)23(16-24(25)27)21(3)15-28(31)29-8-5-9-30-10-12-33-13-11-30/h6-7,14-18H,5,8-13H2,1-4H3,(H,29,31)/b21-15+. The first-order valence-corrected chi connectivity index (χ1v) is 11.9. The van der Waals surface area contributed by atoms with Gasteiger partial charge < -0.3 is 19.2 Å². The molecule has 2 heterocycles. The summed E-state index contributed by atoms with van der Waals surface area (Å²) in [6.07, 6.45) is 4.36. The Morgan fingerprint density at radius 2 is 1.94 bits per heavy atom. The number of furan rings is 1. The van der Waals surface area contributed by atoms with Crippen molar-refractivity contribution in [3.05, 3.63) is 59.4 Å². The van der Waals surface area contributed by atoms with Gasteiger partial charge in [-0.2, -0.15) is 0 Å². The number of morpholine rings is 1. The van der Waals surface area contributed by atoms with E-state index in [0.717, 1.165) is 72.5 Å². The van der Waals surface area contributed by atoms with Crippen molar-refractivity contribution in [1.29, 1.82) is 0 Å². The second-order valence-corrected chi connectivity index (χ2v) is 8.94. The number of hydrogen-bond acceptors (Lipinski definition) is 5. The van der Waals surface area contributed by atoms with Crippen LogP contribution in [0.25, 0.3) is 27.7 Å². The Labute approximate surface area is 201 Å². The lowest BCUT2D eigenvalue weighted by Crippen LogP contribution is -2.38. The predicted octanol–water partition coefficient (Wildman–Crippen LogP) is 4.97. The molecule has 3 aromatic rings. The van der Waals surface area contributed by atoms with Crippen LogP contribution in [0.1, 0.15) is 30.0 Å². The minimum Gasteiger partial charge on any atom is -0.496 e. The van der Waals surface area contributed by atoms with Crippen molar-refractivity contribution in [2.45, 2.75) is 27.2 Å². The van der Waals surface area contributed by atoms with E-state index in [0.29, 0.717) is 12.3 Å². The van der Waals surface area contributed by atoms with Gasteiger partial charge in [-0.05, 0) is 56.5 Å². The van der Waals surface area contributed by atoms with Crippen LogP contribution in [0.3, 0.4) is 0 Å². The van der Waals surface area contributed by atoms with Crippen LogP contribution in [0, 0.1) is 13.8 Å². The molecular formula is C28H34N2O4. The summed E-state index contributed by atoms with van der Waals surface area (Å²) in [6.45, 7) is 11.3. The molecule has 34 heavy (non-hydrogen) atoms. The Morgan fingerprint density at radius 3 is 2.68 bits per heavy atom. The van der Waals surface area contributed by atoms with Crippen molar-refractivity contribution in [3.63, 3.8) is 0 Å². The molecule has 2 aromatic carbocycles. The van der Waals surface area contributed by atoms with Gasteiger partial charge in [0.15, 0.2) is 0 Å². The number of methoxy groups -OCH3 is 1. The van der Waals surface area contributed by atoms with Gasteiger partial charge in [0.25, 0.3) is 0 Å². The number of allylic oxidation sites excluding steroid dienone is 1. The zero-order valence-electron chi connectivity index (χ0n) is 20.6. The number of amides is 1. The van der Waals surface area contributed by atoms with E-state index in [1.165, 1.54) is 11.1 Å². The van der Waals surface area contributed by atoms with Crippen LogP contribution in [0.15, 0.2) is 47.1 Å². The molecule has 6 heteroatoms. The number of carbonyl (C=O) groups is 1. The summed E-state index contributed by atoms with van der Waals surface area (Å²) < 4.78 is 16.9. The minimum atomic E-state index is -0.0941. The molecule has 1 N–H and O–H groups in total. The molecule has 6 nitrogen and oxygen atoms in total. The third-order valence-electron chi connectivity index (χ3n) is 6.39. The van der Waals surface area contributed by atoms with E-state index in [9.17, 15) is 4.79 Å². The summed E-state index contributed by atoms with van der Waals surface area (Å²) in [6, 6.07) is 10.4. The average molecular weight is 463 g/mol. The highest BCUT2D eigenvalue weighted by Gasteiger charge is 2.16. The van der Waals surface area contributed by atoms with Crippen molar-refractivity contribution in [2.24, 2.45) is 0 Å². The third-order valence-corrected chi connectivity index (χ3v) is 6.39. The van der Waals surface area contributed by atoms with Gasteiger partial charge in [0.05, 0.1) is 26.6 Å². The Kier molecular flexibility index (Phi) is 7.70. The summed E-state index contributed by atoms with van der Waals surface area (Å²) in [7, 11) is 1.64. The highest BCUT2D eigenvalue weighted by molar-refractivity contribution is 6.00. The number of aryl methyl sites for hydroxylation is 2. The van der Waals surface area contributed by atoms with E-state index in [1.807, 2.05) is 13.0 Å². The Hall–Kier alpha value is -3.09. The molecule has 180 valence electrons. The molecule has 0 unspecified atom stereocenters. The number of hydrogen-bond donors (Lipinski definition) is 1. The van der Waals surface area contributed by atoms with Gasteiger partial charge in [0, 0.05) is 48.3 Å². The molecule has 1 aliphatic rings. The van der Waals surface area contributed by atoms with E-state index in [1.54, 1.807) is 19.4 Å². The number of nitrogens with one attached hydrogen (secondary N) is 1. The molecule has 0 aliphatic carbocycles. The fraction of sp³-hybridized carbons (Fsp3) is 0.393. The maximum Gasteiger partial charge on any atom is 0.244 e. The number of ether oxygens (including phenoxy) is 2. The van der Waals surface area contributed by atoms with Crippen molar-refractivity contribution in [3.8, 4) is 16.9 Å². The van der Waals surface area contributed by atoms with Gasteiger partial charge in [-0.15, -0.1) is 0 Å². The van der Waals surface area contributed by atoms with Crippen molar-refractivity contribution in [1.82, 2.24) is 10.2 Å². The van der Waals surface area contributed by atoms with Gasteiger partial charge in [0.1, 0.15) is 11.3 Å². The highest BCUT2D eigenvalue weighted by Crippen LogP contribution is 2.38. The average Bonchev–Trinajstić information content (AvgIpc) is 3.24. The van der Waals surface area contributed by atoms with Gasteiger partial charge in [-0.25, -0.2) is 0 Å². The lowest BCUT2D eigenvalue weighted by atomic mass is 9.96. The summed E-state index contributed by atoms with van der Waals surface area (Å²) in [5.41, 5.74) is 7.09. The van der Waals surface area contributed by atoms with Crippen LogP contribution in [-0.4, -0.2) is 57.3 Å². The van der Waals surface area contributed by atoms with E-state index in [4.69, 9.17) is 13.9 Å². The zero-order valence-corrected chi connectivity index (χ0v) is 20.6. The summed E-state index contributed by atoms with van der Waals surface area (Å²) in [5.74, 6) is 0.589. The van der Waals surface area contributed by atoms with E-state index in [-0.39, 0.29) is 5.91 Å². The lowest BCUT2D eigenvalue weighted by molar-refractivity contribution is -0.116. The lowest BCUT2D eigenvalue weighted by Gasteiger charge is -2.26. The summed E-state index contributed by atoms with van der Waals surface area (Å²) in [4.78, 5) is 14.9. The first-order valence-electron chi connectivity index (χ1n) is 11.9. The van der Waals surface area contributed by atoms with Crippen LogP contribution >= 0.6 is 0 Å². The fourth-order valence-corrected chi connectivity index (χ4v) is 4.52. The maximum atomic E-state index is 12.6. The molecule has 4 rings (SSSR count). The molecule has 1 amide bonds. The van der Waals surface area contributed by atoms with Gasteiger partial charge in [-0.3, -0.25) is 9.69 Å². The molecule has 0 bridgehead atoms. The topological polar surface area (TPSA) is 63.9 Å². The number of carbonyl (C=O) groups excluding carboxylic acids is 1. The largest absolute Gasteiger partial charge is 0.496 e. The Balaban J connectivity index is 1.51. The van der Waals surface area contributed by atoms with Crippen LogP contribution in [-0.2, 0) is 9.53 Å². The van der Waals surface area contributed by atoms with E-state index in [2.05, 4.69) is 48.3 Å². The first-order chi connectivity index (χ1) is 16.5. The summed E-state index contributed by atoms with van der Waals surface area (Å²) >= 11 is 0. The quantitative estimate of drug-likeness (QED) is 0.378. The minimum absolute atomic E-state index is 0.0941. The van der Waals surface area contributed by atoms with Crippen LogP contribution < -0.4 is 10.1 Å². The number of benzene rings is 2. The normalized spacial score (nSPS) is 15.0. The smallest absolute Gasteiger partial charge is 0.244 e. The molecule has 1 fully saturated rings. The van der Waals surface area contributed by atoms with Crippen molar-refractivity contribution < 1.29 is 18.7 Å².